The Balaban J connectivity index is 0.000000292. The number of thioether (sulfide) groups is 1. The van der Waals surface area contributed by atoms with Crippen LogP contribution in [-0.2, 0) is 0 Å². The van der Waals surface area contributed by atoms with Crippen LogP contribution < -0.4 is 0 Å². The molecule has 0 aromatic heterocycles. The van der Waals surface area contributed by atoms with Crippen LogP contribution in [0.4, 0.5) is 0 Å². The van der Waals surface area contributed by atoms with Crippen molar-refractivity contribution in [2.24, 2.45) is 0 Å². The summed E-state index contributed by atoms with van der Waals surface area (Å²) in [6, 6.07) is 8.30. The molecule has 0 bridgehead atoms. The zero-order chi connectivity index (χ0) is 10.8. The Morgan fingerprint density at radius 2 is 1.93 bits per heavy atom. The van der Waals surface area contributed by atoms with Crippen molar-refractivity contribution in [1.29, 1.82) is 0 Å². The summed E-state index contributed by atoms with van der Waals surface area (Å²) in [6.07, 6.45) is 1.97. The molecule has 0 unspecified atom stereocenters. The maximum Gasteiger partial charge on any atom is 0.335 e. The fourth-order valence-electron chi connectivity index (χ4n) is 0.672. The molecule has 0 aliphatic heterocycles. The second-order valence-corrected chi connectivity index (χ2v) is 3.37. The second kappa shape index (κ2) is 8.59. The first-order valence-electron chi connectivity index (χ1n) is 4.10. The van der Waals surface area contributed by atoms with Gasteiger partial charge in [0, 0.05) is 5.75 Å². The Bertz CT molecular complexity index is 247. The number of rotatable bonds is 3. The van der Waals surface area contributed by atoms with Crippen LogP contribution in [-0.4, -0.2) is 34.8 Å². The largest absolute Gasteiger partial charge is 0.478 e. The third kappa shape index (κ3) is 6.51. The highest BCUT2D eigenvalue weighted by Gasteiger charge is 1.96. The standard InChI is InChI=1S/C7H6O2.C3H8OS/c8-7(9)6-4-2-1-3-5-6;1-5-3-2-4/h1-5H,(H,8,9);4H,2-3H2,1H3. The van der Waals surface area contributed by atoms with E-state index in [2.05, 4.69) is 0 Å². The number of carboxylic acids is 1. The third-order valence-electron chi connectivity index (χ3n) is 1.32. The molecule has 0 saturated carbocycles. The Hall–Kier alpha value is -1.00. The molecule has 4 heteroatoms. The summed E-state index contributed by atoms with van der Waals surface area (Å²) in [4.78, 5) is 10.2. The molecular weight excluding hydrogens is 200 g/mol. The van der Waals surface area contributed by atoms with Crippen LogP contribution in [0.2, 0.25) is 0 Å². The third-order valence-corrected chi connectivity index (χ3v) is 1.91. The molecule has 0 fully saturated rings. The van der Waals surface area contributed by atoms with Gasteiger partial charge in [-0.05, 0) is 18.4 Å². The van der Waals surface area contributed by atoms with Crippen molar-refractivity contribution >= 4 is 17.7 Å². The van der Waals surface area contributed by atoms with Crippen LogP contribution in [0, 0.1) is 0 Å². The maximum atomic E-state index is 10.2. The maximum absolute atomic E-state index is 10.2. The van der Waals surface area contributed by atoms with E-state index in [4.69, 9.17) is 10.2 Å². The van der Waals surface area contributed by atoms with E-state index >= 15 is 0 Å². The van der Waals surface area contributed by atoms with Crippen molar-refractivity contribution in [3.05, 3.63) is 35.9 Å². The molecule has 0 atom stereocenters. The van der Waals surface area contributed by atoms with E-state index in [1.54, 1.807) is 42.1 Å². The van der Waals surface area contributed by atoms with Crippen molar-refractivity contribution in [2.75, 3.05) is 18.6 Å². The van der Waals surface area contributed by atoms with Gasteiger partial charge in [-0.1, -0.05) is 18.2 Å². The molecule has 0 aliphatic carbocycles. The van der Waals surface area contributed by atoms with Gasteiger partial charge in [0.05, 0.1) is 12.2 Å². The minimum atomic E-state index is -0.879. The van der Waals surface area contributed by atoms with Crippen molar-refractivity contribution in [3.63, 3.8) is 0 Å². The first kappa shape index (κ1) is 13.0. The smallest absolute Gasteiger partial charge is 0.335 e. The minimum absolute atomic E-state index is 0.307. The first-order chi connectivity index (χ1) is 6.72. The Labute approximate surface area is 87.8 Å². The van der Waals surface area contributed by atoms with E-state index < -0.39 is 5.97 Å². The minimum Gasteiger partial charge on any atom is -0.478 e. The number of hydrogen-bond acceptors (Lipinski definition) is 3. The van der Waals surface area contributed by atoms with Crippen LogP contribution in [0.25, 0.3) is 0 Å². The molecule has 0 amide bonds. The lowest BCUT2D eigenvalue weighted by Gasteiger charge is -1.88. The van der Waals surface area contributed by atoms with Gasteiger partial charge >= 0.3 is 5.97 Å². The lowest BCUT2D eigenvalue weighted by molar-refractivity contribution is 0.0697. The molecule has 0 heterocycles. The van der Waals surface area contributed by atoms with Gasteiger partial charge in [0.1, 0.15) is 0 Å². The summed E-state index contributed by atoms with van der Waals surface area (Å²) in [5.41, 5.74) is 0.331. The predicted octanol–water partition coefficient (Wildman–Crippen LogP) is 1.73. The van der Waals surface area contributed by atoms with Crippen LogP contribution in [0.5, 0.6) is 0 Å². The van der Waals surface area contributed by atoms with Crippen LogP contribution in [0.3, 0.4) is 0 Å². The van der Waals surface area contributed by atoms with Crippen LogP contribution in [0.15, 0.2) is 30.3 Å². The zero-order valence-corrected chi connectivity index (χ0v) is 8.83. The molecule has 1 rings (SSSR count). The van der Waals surface area contributed by atoms with Crippen LogP contribution >= 0.6 is 11.8 Å². The van der Waals surface area contributed by atoms with Gasteiger partial charge in [0.15, 0.2) is 0 Å². The van der Waals surface area contributed by atoms with Gasteiger partial charge in [-0.2, -0.15) is 11.8 Å². The highest BCUT2D eigenvalue weighted by Crippen LogP contribution is 1.96. The van der Waals surface area contributed by atoms with Gasteiger partial charge in [0.25, 0.3) is 0 Å². The van der Waals surface area contributed by atoms with Gasteiger partial charge < -0.3 is 10.2 Å². The quantitative estimate of drug-likeness (QED) is 0.804. The van der Waals surface area contributed by atoms with Gasteiger partial charge in [-0.15, -0.1) is 0 Å². The Kier molecular flexibility index (Phi) is 7.98. The van der Waals surface area contributed by atoms with E-state index in [9.17, 15) is 4.79 Å². The number of hydrogen-bond donors (Lipinski definition) is 2. The zero-order valence-electron chi connectivity index (χ0n) is 8.01. The predicted molar refractivity (Wildman–Crippen MR) is 58.9 cm³/mol. The van der Waals surface area contributed by atoms with Gasteiger partial charge in [0.2, 0.25) is 0 Å². The molecule has 1 aromatic rings. The molecule has 0 saturated heterocycles. The van der Waals surface area contributed by atoms with Gasteiger partial charge in [-0.3, -0.25) is 0 Å². The molecule has 0 radical (unpaired) electrons. The van der Waals surface area contributed by atoms with Gasteiger partial charge in [-0.25, -0.2) is 4.79 Å². The Morgan fingerprint density at radius 3 is 2.14 bits per heavy atom. The average molecular weight is 214 g/mol. The van der Waals surface area contributed by atoms with E-state index in [1.165, 1.54) is 0 Å². The SMILES string of the molecule is CSCCO.O=C(O)c1ccccc1. The average Bonchev–Trinajstić information content (AvgIpc) is 2.21. The lowest BCUT2D eigenvalue weighted by Crippen LogP contribution is -1.93. The van der Waals surface area contributed by atoms with Crippen molar-refractivity contribution in [3.8, 4) is 0 Å². The number of benzene rings is 1. The summed E-state index contributed by atoms with van der Waals surface area (Å²) in [5.74, 6) is -0.0180. The lowest BCUT2D eigenvalue weighted by atomic mass is 10.2. The summed E-state index contributed by atoms with van der Waals surface area (Å²) >= 11 is 1.65. The number of aliphatic hydroxyl groups excluding tert-OH is 1. The summed E-state index contributed by atoms with van der Waals surface area (Å²) in [6.45, 7) is 0.307. The molecule has 14 heavy (non-hydrogen) atoms. The highest BCUT2D eigenvalue weighted by atomic mass is 32.2. The molecular formula is C10H14O3S. The normalized spacial score (nSPS) is 8.71. The van der Waals surface area contributed by atoms with E-state index in [1.807, 2.05) is 6.26 Å². The first-order valence-corrected chi connectivity index (χ1v) is 5.50. The number of carboxylic acid groups (broad SMARTS) is 1. The number of carbonyl (C=O) groups is 1. The topological polar surface area (TPSA) is 57.5 Å². The highest BCUT2D eigenvalue weighted by molar-refractivity contribution is 7.98. The van der Waals surface area contributed by atoms with Crippen molar-refractivity contribution in [2.45, 2.75) is 0 Å². The number of aliphatic hydroxyl groups is 1. The second-order valence-electron chi connectivity index (χ2n) is 2.39. The molecule has 2 N–H and O–H groups in total. The van der Waals surface area contributed by atoms with Crippen molar-refractivity contribution < 1.29 is 15.0 Å². The summed E-state index contributed by atoms with van der Waals surface area (Å²) in [7, 11) is 0. The summed E-state index contributed by atoms with van der Waals surface area (Å²) in [5, 5.41) is 16.4. The Morgan fingerprint density at radius 1 is 1.36 bits per heavy atom. The molecule has 3 nitrogen and oxygen atoms in total. The van der Waals surface area contributed by atoms with E-state index in [-0.39, 0.29) is 0 Å². The monoisotopic (exact) mass is 214 g/mol. The number of aromatic carboxylic acids is 1. The van der Waals surface area contributed by atoms with E-state index in [0.29, 0.717) is 12.2 Å². The molecule has 1 aromatic carbocycles. The van der Waals surface area contributed by atoms with Crippen molar-refractivity contribution in [1.82, 2.24) is 0 Å². The van der Waals surface area contributed by atoms with Crippen LogP contribution in [0.1, 0.15) is 10.4 Å². The fourth-order valence-corrected chi connectivity index (χ4v) is 0.855. The molecule has 78 valence electrons. The molecule has 0 spiro atoms. The van der Waals surface area contributed by atoms with E-state index in [0.717, 1.165) is 5.75 Å². The summed E-state index contributed by atoms with van der Waals surface area (Å²) < 4.78 is 0. The molecule has 0 aliphatic rings. The fraction of sp³-hybridized carbons (Fsp3) is 0.300.